The molecule has 0 radical (unpaired) electrons. The topological polar surface area (TPSA) is 55.4 Å². The van der Waals surface area contributed by atoms with Crippen LogP contribution in [0.25, 0.3) is 0 Å². The van der Waals surface area contributed by atoms with Crippen LogP contribution in [-0.2, 0) is 16.1 Å². The Hall–Kier alpha value is -2.40. The van der Waals surface area contributed by atoms with Gasteiger partial charge in [-0.05, 0) is 23.8 Å². The molecule has 0 bridgehead atoms. The summed E-state index contributed by atoms with van der Waals surface area (Å²) in [5, 5.41) is 2.49. The first-order valence-corrected chi connectivity index (χ1v) is 6.87. The summed E-state index contributed by atoms with van der Waals surface area (Å²) in [4.78, 5) is 23.3. The molecule has 6 heteroatoms. The van der Waals surface area contributed by atoms with Crippen LogP contribution in [0, 0.1) is 5.82 Å². The Labute approximate surface area is 131 Å². The highest BCUT2D eigenvalue weighted by molar-refractivity contribution is 6.30. The second kappa shape index (κ2) is 7.56. The predicted molar refractivity (Wildman–Crippen MR) is 80.0 cm³/mol. The Morgan fingerprint density at radius 3 is 2.55 bits per heavy atom. The van der Waals surface area contributed by atoms with Gasteiger partial charge in [0.05, 0.1) is 5.56 Å². The van der Waals surface area contributed by atoms with E-state index in [1.54, 1.807) is 0 Å². The van der Waals surface area contributed by atoms with E-state index in [1.807, 2.05) is 30.3 Å². The largest absolute Gasteiger partial charge is 0.460 e. The van der Waals surface area contributed by atoms with Crippen LogP contribution in [-0.4, -0.2) is 18.4 Å². The molecule has 114 valence electrons. The van der Waals surface area contributed by atoms with E-state index in [9.17, 15) is 14.0 Å². The molecule has 22 heavy (non-hydrogen) atoms. The van der Waals surface area contributed by atoms with E-state index < -0.39 is 17.7 Å². The third-order valence-electron chi connectivity index (χ3n) is 2.81. The lowest BCUT2D eigenvalue weighted by Crippen LogP contribution is -2.31. The van der Waals surface area contributed by atoms with Gasteiger partial charge in [-0.1, -0.05) is 41.9 Å². The number of ether oxygens (including phenoxy) is 1. The second-order valence-corrected chi connectivity index (χ2v) is 4.89. The Bertz CT molecular complexity index is 676. The number of carbonyl (C=O) groups is 2. The Morgan fingerprint density at radius 2 is 1.86 bits per heavy atom. The van der Waals surface area contributed by atoms with Crippen LogP contribution in [0.2, 0.25) is 5.02 Å². The predicted octanol–water partition coefficient (Wildman–Crippen LogP) is 2.95. The minimum absolute atomic E-state index is 0.116. The molecule has 0 aromatic heterocycles. The summed E-state index contributed by atoms with van der Waals surface area (Å²) < 4.78 is 18.5. The van der Waals surface area contributed by atoms with Crippen molar-refractivity contribution in [3.8, 4) is 0 Å². The molecule has 0 saturated carbocycles. The van der Waals surface area contributed by atoms with E-state index in [4.69, 9.17) is 16.3 Å². The number of hydrogen-bond donors (Lipinski definition) is 1. The van der Waals surface area contributed by atoms with Crippen molar-refractivity contribution in [3.63, 3.8) is 0 Å². The van der Waals surface area contributed by atoms with Crippen molar-refractivity contribution in [2.75, 3.05) is 6.54 Å². The summed E-state index contributed by atoms with van der Waals surface area (Å²) in [5.74, 6) is -2.06. The van der Waals surface area contributed by atoms with Gasteiger partial charge < -0.3 is 10.1 Å². The molecular formula is C16H13ClFNO3. The van der Waals surface area contributed by atoms with Crippen LogP contribution < -0.4 is 5.32 Å². The monoisotopic (exact) mass is 321 g/mol. The normalized spacial score (nSPS) is 10.1. The molecule has 2 aromatic rings. The highest BCUT2D eigenvalue weighted by Crippen LogP contribution is 2.14. The highest BCUT2D eigenvalue weighted by atomic mass is 35.5. The molecule has 2 aromatic carbocycles. The van der Waals surface area contributed by atoms with Crippen LogP contribution in [0.4, 0.5) is 4.39 Å². The number of rotatable bonds is 5. The van der Waals surface area contributed by atoms with Gasteiger partial charge in [0.25, 0.3) is 5.91 Å². The Kier molecular flexibility index (Phi) is 5.49. The number of nitrogens with one attached hydrogen (secondary N) is 1. The van der Waals surface area contributed by atoms with Gasteiger partial charge in [0.2, 0.25) is 0 Å². The van der Waals surface area contributed by atoms with Gasteiger partial charge in [0, 0.05) is 5.02 Å². The van der Waals surface area contributed by atoms with Crippen molar-refractivity contribution < 1.29 is 18.7 Å². The van der Waals surface area contributed by atoms with Crippen molar-refractivity contribution in [3.05, 3.63) is 70.5 Å². The van der Waals surface area contributed by atoms with Crippen molar-refractivity contribution in [1.82, 2.24) is 5.32 Å². The minimum Gasteiger partial charge on any atom is -0.460 e. The maximum atomic E-state index is 13.5. The van der Waals surface area contributed by atoms with Crippen LogP contribution >= 0.6 is 11.6 Å². The van der Waals surface area contributed by atoms with Gasteiger partial charge in [-0.15, -0.1) is 0 Å². The molecule has 2 rings (SSSR count). The first kappa shape index (κ1) is 16.0. The summed E-state index contributed by atoms with van der Waals surface area (Å²) in [6.45, 7) is -0.224. The van der Waals surface area contributed by atoms with Crippen LogP contribution in [0.1, 0.15) is 15.9 Å². The number of esters is 1. The fourth-order valence-electron chi connectivity index (χ4n) is 1.71. The maximum Gasteiger partial charge on any atom is 0.325 e. The van der Waals surface area contributed by atoms with Crippen molar-refractivity contribution in [2.24, 2.45) is 0 Å². The average molecular weight is 322 g/mol. The maximum absolute atomic E-state index is 13.5. The third-order valence-corrected chi connectivity index (χ3v) is 3.05. The SMILES string of the molecule is O=C(CNC(=O)c1ccc(Cl)cc1F)OCc1ccccc1. The van der Waals surface area contributed by atoms with Crippen LogP contribution in [0.3, 0.4) is 0 Å². The lowest BCUT2D eigenvalue weighted by atomic mass is 10.2. The molecular weight excluding hydrogens is 309 g/mol. The fraction of sp³-hybridized carbons (Fsp3) is 0.125. The number of carbonyl (C=O) groups excluding carboxylic acids is 2. The first-order chi connectivity index (χ1) is 10.6. The average Bonchev–Trinajstić information content (AvgIpc) is 2.51. The standard InChI is InChI=1S/C16H13ClFNO3/c17-12-6-7-13(14(18)8-12)16(21)19-9-15(20)22-10-11-4-2-1-3-5-11/h1-8H,9-10H2,(H,19,21). The lowest BCUT2D eigenvalue weighted by Gasteiger charge is -2.07. The molecule has 0 heterocycles. The Morgan fingerprint density at radius 1 is 1.14 bits per heavy atom. The summed E-state index contributed by atoms with van der Waals surface area (Å²) in [6.07, 6.45) is 0. The minimum atomic E-state index is -0.748. The molecule has 0 aliphatic heterocycles. The van der Waals surface area contributed by atoms with E-state index in [-0.39, 0.29) is 23.7 Å². The van der Waals surface area contributed by atoms with Crippen LogP contribution in [0.15, 0.2) is 48.5 Å². The smallest absolute Gasteiger partial charge is 0.325 e. The molecule has 0 fully saturated rings. The van der Waals surface area contributed by atoms with Crippen molar-refractivity contribution >= 4 is 23.5 Å². The third kappa shape index (κ3) is 4.56. The van der Waals surface area contributed by atoms with Gasteiger partial charge >= 0.3 is 5.97 Å². The lowest BCUT2D eigenvalue weighted by molar-refractivity contribution is -0.143. The molecule has 0 aliphatic carbocycles. The molecule has 0 unspecified atom stereocenters. The van der Waals surface area contributed by atoms with E-state index >= 15 is 0 Å². The van der Waals surface area contributed by atoms with Gasteiger partial charge in [-0.25, -0.2) is 4.39 Å². The molecule has 1 N–H and O–H groups in total. The quantitative estimate of drug-likeness (QED) is 0.861. The van der Waals surface area contributed by atoms with E-state index in [0.717, 1.165) is 11.6 Å². The summed E-state index contributed by atoms with van der Waals surface area (Å²) >= 11 is 5.60. The zero-order valence-corrected chi connectivity index (χ0v) is 12.3. The van der Waals surface area contributed by atoms with Gasteiger partial charge in [0.15, 0.2) is 0 Å². The highest BCUT2D eigenvalue weighted by Gasteiger charge is 2.13. The van der Waals surface area contributed by atoms with E-state index in [2.05, 4.69) is 5.32 Å². The number of benzene rings is 2. The van der Waals surface area contributed by atoms with Crippen molar-refractivity contribution in [1.29, 1.82) is 0 Å². The zero-order chi connectivity index (χ0) is 15.9. The Balaban J connectivity index is 1.82. The number of hydrogen-bond acceptors (Lipinski definition) is 3. The van der Waals surface area contributed by atoms with Gasteiger partial charge in [-0.3, -0.25) is 9.59 Å². The molecule has 0 atom stereocenters. The molecule has 1 amide bonds. The first-order valence-electron chi connectivity index (χ1n) is 6.49. The van der Waals surface area contributed by atoms with Gasteiger partial charge in [-0.2, -0.15) is 0 Å². The number of amides is 1. The number of halogens is 2. The van der Waals surface area contributed by atoms with E-state index in [0.29, 0.717) is 0 Å². The molecule has 0 spiro atoms. The zero-order valence-electron chi connectivity index (χ0n) is 11.5. The second-order valence-electron chi connectivity index (χ2n) is 4.45. The van der Waals surface area contributed by atoms with Gasteiger partial charge in [0.1, 0.15) is 19.0 Å². The molecule has 4 nitrogen and oxygen atoms in total. The summed E-state index contributed by atoms with van der Waals surface area (Å²) in [7, 11) is 0. The summed E-state index contributed by atoms with van der Waals surface area (Å²) in [5.41, 5.74) is 0.659. The van der Waals surface area contributed by atoms with Crippen molar-refractivity contribution in [2.45, 2.75) is 6.61 Å². The van der Waals surface area contributed by atoms with E-state index in [1.165, 1.54) is 12.1 Å². The molecule has 0 aliphatic rings. The molecule has 0 saturated heterocycles. The summed E-state index contributed by atoms with van der Waals surface area (Å²) in [6, 6.07) is 12.8. The fourth-order valence-corrected chi connectivity index (χ4v) is 1.87. The van der Waals surface area contributed by atoms with Crippen LogP contribution in [0.5, 0.6) is 0 Å².